The van der Waals surface area contributed by atoms with Crippen LogP contribution >= 0.6 is 0 Å². The van der Waals surface area contributed by atoms with Gasteiger partial charge in [0.25, 0.3) is 0 Å². The number of anilines is 1. The Labute approximate surface area is 150 Å². The lowest BCUT2D eigenvalue weighted by atomic mass is 10.1. The fourth-order valence-electron chi connectivity index (χ4n) is 3.18. The van der Waals surface area contributed by atoms with Gasteiger partial charge in [-0.15, -0.1) is 0 Å². The smallest absolute Gasteiger partial charge is 0.160 e. The van der Waals surface area contributed by atoms with Crippen LogP contribution in [0.1, 0.15) is 5.69 Å². The van der Waals surface area contributed by atoms with Crippen LogP contribution < -0.4 is 4.90 Å². The summed E-state index contributed by atoms with van der Waals surface area (Å²) in [5.41, 5.74) is 4.48. The molecule has 1 aromatic heterocycles. The molecule has 1 fully saturated rings. The average molecular weight is 355 g/mol. The molecule has 0 spiro atoms. The third-order valence-corrected chi connectivity index (χ3v) is 4.62. The Kier molecular flexibility index (Phi) is 4.42. The number of aryl methyl sites for hydroxylation is 1. The number of aromatic nitrogens is 2. The summed E-state index contributed by atoms with van der Waals surface area (Å²) in [6.07, 6.45) is 1.84. The molecule has 1 saturated heterocycles. The van der Waals surface area contributed by atoms with Crippen LogP contribution in [0.25, 0.3) is 16.8 Å². The minimum Gasteiger partial charge on any atom is -0.378 e. The maximum Gasteiger partial charge on any atom is 0.160 e. The maximum absolute atomic E-state index is 13.5. The summed E-state index contributed by atoms with van der Waals surface area (Å²) < 4.78 is 33.6. The van der Waals surface area contributed by atoms with Gasteiger partial charge in [0, 0.05) is 36.6 Å². The van der Waals surface area contributed by atoms with Gasteiger partial charge in [-0.3, -0.25) is 0 Å². The van der Waals surface area contributed by atoms with E-state index in [9.17, 15) is 8.78 Å². The first-order valence-corrected chi connectivity index (χ1v) is 8.56. The van der Waals surface area contributed by atoms with E-state index >= 15 is 0 Å². The molecule has 1 aliphatic heterocycles. The van der Waals surface area contributed by atoms with Gasteiger partial charge in [0.05, 0.1) is 24.6 Å². The maximum atomic E-state index is 13.5. The van der Waals surface area contributed by atoms with E-state index < -0.39 is 11.6 Å². The number of hydrogen-bond donors (Lipinski definition) is 0. The first kappa shape index (κ1) is 16.7. The van der Waals surface area contributed by atoms with Crippen molar-refractivity contribution in [2.75, 3.05) is 31.2 Å². The zero-order valence-electron chi connectivity index (χ0n) is 14.5. The minimum absolute atomic E-state index is 0.489. The largest absolute Gasteiger partial charge is 0.378 e. The predicted molar refractivity (Wildman–Crippen MR) is 96.7 cm³/mol. The van der Waals surface area contributed by atoms with Gasteiger partial charge in [-0.25, -0.2) is 13.5 Å². The molecule has 4 nitrogen and oxygen atoms in total. The molecular formula is C20H19F2N3O. The fraction of sp³-hybridized carbons (Fsp3) is 0.250. The van der Waals surface area contributed by atoms with Crippen LogP contribution in [-0.2, 0) is 4.74 Å². The molecule has 0 amide bonds. The zero-order valence-corrected chi connectivity index (χ0v) is 14.5. The SMILES string of the molecule is Cc1nn(-c2ccc(F)c(F)c2)cc1-c1ccc(N2CCOCC2)cc1. The minimum atomic E-state index is -0.882. The first-order chi connectivity index (χ1) is 12.6. The fourth-order valence-corrected chi connectivity index (χ4v) is 3.18. The van der Waals surface area contributed by atoms with Gasteiger partial charge in [0.2, 0.25) is 0 Å². The Morgan fingerprint density at radius 3 is 2.31 bits per heavy atom. The molecule has 0 unspecified atom stereocenters. The molecule has 0 saturated carbocycles. The molecule has 1 aliphatic rings. The summed E-state index contributed by atoms with van der Waals surface area (Å²) in [5, 5.41) is 4.44. The molecule has 26 heavy (non-hydrogen) atoms. The summed E-state index contributed by atoms with van der Waals surface area (Å²) in [5.74, 6) is -1.75. The highest BCUT2D eigenvalue weighted by Crippen LogP contribution is 2.27. The highest BCUT2D eigenvalue weighted by molar-refractivity contribution is 5.68. The topological polar surface area (TPSA) is 30.3 Å². The van der Waals surface area contributed by atoms with E-state index in [4.69, 9.17) is 4.74 Å². The number of nitrogens with zero attached hydrogens (tertiary/aromatic N) is 3. The van der Waals surface area contributed by atoms with Gasteiger partial charge in [-0.2, -0.15) is 5.10 Å². The number of halogens is 2. The second kappa shape index (κ2) is 6.88. The predicted octanol–water partition coefficient (Wildman–Crippen LogP) is 3.96. The lowest BCUT2D eigenvalue weighted by molar-refractivity contribution is 0.122. The molecule has 3 aromatic rings. The van der Waals surface area contributed by atoms with Crippen molar-refractivity contribution in [3.63, 3.8) is 0 Å². The standard InChI is InChI=1S/C20H19F2N3O/c1-14-18(13-25(23-14)17-6-7-19(21)20(22)12-17)15-2-4-16(5-3-15)24-8-10-26-11-9-24/h2-7,12-13H,8-11H2,1H3. The van der Waals surface area contributed by atoms with Gasteiger partial charge >= 0.3 is 0 Å². The Morgan fingerprint density at radius 2 is 1.62 bits per heavy atom. The summed E-state index contributed by atoms with van der Waals surface area (Å²) in [6.45, 7) is 5.20. The number of benzene rings is 2. The van der Waals surface area contributed by atoms with Crippen molar-refractivity contribution in [2.45, 2.75) is 6.92 Å². The molecule has 2 aromatic carbocycles. The number of hydrogen-bond acceptors (Lipinski definition) is 3. The van der Waals surface area contributed by atoms with E-state index in [0.29, 0.717) is 5.69 Å². The number of morpholine rings is 1. The molecule has 2 heterocycles. The Hall–Kier alpha value is -2.73. The van der Waals surface area contributed by atoms with Crippen LogP contribution in [0.15, 0.2) is 48.7 Å². The molecule has 0 bridgehead atoms. The third kappa shape index (κ3) is 3.20. The monoisotopic (exact) mass is 355 g/mol. The Bertz CT molecular complexity index is 915. The van der Waals surface area contributed by atoms with Crippen molar-refractivity contribution < 1.29 is 13.5 Å². The Balaban J connectivity index is 1.61. The number of ether oxygens (including phenoxy) is 1. The summed E-state index contributed by atoms with van der Waals surface area (Å²) in [6, 6.07) is 12.1. The van der Waals surface area contributed by atoms with Gasteiger partial charge in [-0.1, -0.05) is 12.1 Å². The lowest BCUT2D eigenvalue weighted by Crippen LogP contribution is -2.36. The van der Waals surface area contributed by atoms with Gasteiger partial charge in [-0.05, 0) is 36.8 Å². The lowest BCUT2D eigenvalue weighted by Gasteiger charge is -2.28. The van der Waals surface area contributed by atoms with Crippen LogP contribution in [0.5, 0.6) is 0 Å². The second-order valence-electron chi connectivity index (χ2n) is 6.32. The van der Waals surface area contributed by atoms with Crippen LogP contribution in [0.3, 0.4) is 0 Å². The zero-order chi connectivity index (χ0) is 18.1. The van der Waals surface area contributed by atoms with Crippen LogP contribution in [0.4, 0.5) is 14.5 Å². The first-order valence-electron chi connectivity index (χ1n) is 8.56. The summed E-state index contributed by atoms with van der Waals surface area (Å²) in [7, 11) is 0. The van der Waals surface area contributed by atoms with Crippen molar-refractivity contribution >= 4 is 5.69 Å². The molecule has 6 heteroatoms. The van der Waals surface area contributed by atoms with E-state index in [1.807, 2.05) is 13.1 Å². The van der Waals surface area contributed by atoms with Crippen LogP contribution in [-0.4, -0.2) is 36.1 Å². The average Bonchev–Trinajstić information content (AvgIpc) is 3.06. The quantitative estimate of drug-likeness (QED) is 0.712. The van der Waals surface area contributed by atoms with Gasteiger partial charge in [0.15, 0.2) is 11.6 Å². The molecule has 134 valence electrons. The van der Waals surface area contributed by atoms with Gasteiger partial charge in [0.1, 0.15) is 0 Å². The molecule has 0 radical (unpaired) electrons. The number of rotatable bonds is 3. The van der Waals surface area contributed by atoms with Gasteiger partial charge < -0.3 is 9.64 Å². The molecule has 0 aliphatic carbocycles. The highest BCUT2D eigenvalue weighted by atomic mass is 19.2. The summed E-state index contributed by atoms with van der Waals surface area (Å²) >= 11 is 0. The van der Waals surface area contributed by atoms with Crippen molar-refractivity contribution in [3.8, 4) is 16.8 Å². The molecule has 0 atom stereocenters. The van der Waals surface area contributed by atoms with E-state index in [1.165, 1.54) is 11.8 Å². The third-order valence-electron chi connectivity index (χ3n) is 4.62. The van der Waals surface area contributed by atoms with E-state index in [1.54, 1.807) is 4.68 Å². The van der Waals surface area contributed by atoms with E-state index in [0.717, 1.165) is 55.3 Å². The molecular weight excluding hydrogens is 336 g/mol. The molecule has 0 N–H and O–H groups in total. The van der Waals surface area contributed by atoms with Crippen LogP contribution in [0.2, 0.25) is 0 Å². The van der Waals surface area contributed by atoms with E-state index in [-0.39, 0.29) is 0 Å². The summed E-state index contributed by atoms with van der Waals surface area (Å²) in [4.78, 5) is 2.30. The second-order valence-corrected chi connectivity index (χ2v) is 6.32. The van der Waals surface area contributed by atoms with Crippen molar-refractivity contribution in [1.82, 2.24) is 9.78 Å². The van der Waals surface area contributed by atoms with Crippen molar-refractivity contribution in [1.29, 1.82) is 0 Å². The van der Waals surface area contributed by atoms with Crippen molar-refractivity contribution in [2.24, 2.45) is 0 Å². The molecule has 4 rings (SSSR count). The normalized spacial score (nSPS) is 14.7. The Morgan fingerprint density at radius 1 is 0.923 bits per heavy atom. The van der Waals surface area contributed by atoms with Crippen LogP contribution in [0, 0.1) is 18.6 Å². The van der Waals surface area contributed by atoms with E-state index in [2.05, 4.69) is 34.3 Å². The van der Waals surface area contributed by atoms with Crippen molar-refractivity contribution in [3.05, 3.63) is 66.0 Å². The highest BCUT2D eigenvalue weighted by Gasteiger charge is 2.13.